The van der Waals surface area contributed by atoms with Crippen LogP contribution in [0.25, 0.3) is 0 Å². The Hall–Kier alpha value is -3.24. The van der Waals surface area contributed by atoms with E-state index in [1.54, 1.807) is 18.2 Å². The van der Waals surface area contributed by atoms with Crippen LogP contribution in [-0.4, -0.2) is 62.8 Å². The van der Waals surface area contributed by atoms with Gasteiger partial charge in [-0.15, -0.1) is 0 Å². The van der Waals surface area contributed by atoms with E-state index in [-0.39, 0.29) is 24.4 Å². The van der Waals surface area contributed by atoms with Gasteiger partial charge in [-0.05, 0) is 17.7 Å². The topological polar surface area (TPSA) is 122 Å². The van der Waals surface area contributed by atoms with E-state index in [0.717, 1.165) is 9.87 Å². The molecule has 9 nitrogen and oxygen atoms in total. The molecule has 2 aromatic carbocycles. The number of hydrogen-bond donors (Lipinski definition) is 2. The van der Waals surface area contributed by atoms with E-state index in [9.17, 15) is 22.8 Å². The van der Waals surface area contributed by atoms with E-state index >= 15 is 0 Å². The zero-order chi connectivity index (χ0) is 23.1. The Morgan fingerprint density at radius 2 is 1.75 bits per heavy atom. The molecule has 0 aliphatic carbocycles. The molecule has 1 aliphatic rings. The summed E-state index contributed by atoms with van der Waals surface area (Å²) in [6, 6.07) is 14.6. The normalized spacial score (nSPS) is 17.8. The average Bonchev–Trinajstić information content (AvgIpc) is 2.80. The van der Waals surface area contributed by atoms with Crippen molar-refractivity contribution in [3.05, 3.63) is 66.2 Å². The second-order valence-corrected chi connectivity index (χ2v) is 9.16. The Morgan fingerprint density at radius 1 is 1.12 bits per heavy atom. The first-order valence-corrected chi connectivity index (χ1v) is 11.5. The molecule has 1 fully saturated rings. The number of sulfonamides is 1. The summed E-state index contributed by atoms with van der Waals surface area (Å²) in [5.74, 6) is -1.83. The van der Waals surface area contributed by atoms with Crippen molar-refractivity contribution in [2.75, 3.05) is 20.2 Å². The Balaban J connectivity index is 1.76. The van der Waals surface area contributed by atoms with Crippen LogP contribution in [0.1, 0.15) is 12.0 Å². The third kappa shape index (κ3) is 5.51. The van der Waals surface area contributed by atoms with Crippen LogP contribution in [0.3, 0.4) is 0 Å². The molecular weight excluding hydrogens is 434 g/mol. The minimum Gasteiger partial charge on any atom is -0.467 e. The molecular formula is C22H25N3O6S. The van der Waals surface area contributed by atoms with Gasteiger partial charge in [0.1, 0.15) is 12.1 Å². The molecule has 1 heterocycles. The number of rotatable bonds is 8. The largest absolute Gasteiger partial charge is 0.467 e. The number of esters is 1. The van der Waals surface area contributed by atoms with E-state index in [1.165, 1.54) is 19.2 Å². The van der Waals surface area contributed by atoms with Gasteiger partial charge < -0.3 is 15.4 Å². The number of nitrogens with one attached hydrogen (secondary N) is 2. The van der Waals surface area contributed by atoms with Crippen molar-refractivity contribution in [1.29, 1.82) is 0 Å². The van der Waals surface area contributed by atoms with Crippen molar-refractivity contribution >= 4 is 27.8 Å². The fourth-order valence-electron chi connectivity index (χ4n) is 3.52. The summed E-state index contributed by atoms with van der Waals surface area (Å²) in [7, 11) is -2.77. The van der Waals surface area contributed by atoms with Gasteiger partial charge in [0.15, 0.2) is 0 Å². The van der Waals surface area contributed by atoms with Crippen LogP contribution in [0.4, 0.5) is 0 Å². The van der Waals surface area contributed by atoms with Crippen LogP contribution in [-0.2, 0) is 35.6 Å². The second-order valence-electron chi connectivity index (χ2n) is 7.27. The third-order valence-corrected chi connectivity index (χ3v) is 7.04. The summed E-state index contributed by atoms with van der Waals surface area (Å²) in [6.07, 6.45) is -0.234. The number of hydrogen-bond acceptors (Lipinski definition) is 6. The van der Waals surface area contributed by atoms with Gasteiger partial charge in [0.05, 0.1) is 18.4 Å². The Labute approximate surface area is 186 Å². The maximum absolute atomic E-state index is 13.1. The van der Waals surface area contributed by atoms with Gasteiger partial charge in [-0.2, -0.15) is 4.31 Å². The molecule has 0 saturated carbocycles. The molecule has 0 bridgehead atoms. The lowest BCUT2D eigenvalue weighted by Crippen LogP contribution is -2.58. The molecule has 0 spiro atoms. The van der Waals surface area contributed by atoms with Crippen LogP contribution < -0.4 is 10.6 Å². The number of carbonyl (C=O) groups is 3. The van der Waals surface area contributed by atoms with Crippen LogP contribution >= 0.6 is 0 Å². The van der Waals surface area contributed by atoms with E-state index in [1.807, 2.05) is 30.3 Å². The van der Waals surface area contributed by atoms with Gasteiger partial charge in [-0.1, -0.05) is 48.5 Å². The highest BCUT2D eigenvalue weighted by atomic mass is 32.2. The molecule has 2 amide bonds. The summed E-state index contributed by atoms with van der Waals surface area (Å²) >= 11 is 0. The van der Waals surface area contributed by atoms with Gasteiger partial charge in [0.25, 0.3) is 0 Å². The summed E-state index contributed by atoms with van der Waals surface area (Å²) in [4.78, 5) is 37.5. The summed E-state index contributed by atoms with van der Waals surface area (Å²) < 4.78 is 32.0. The smallest absolute Gasteiger partial charge is 0.328 e. The Bertz CT molecular complexity index is 1060. The van der Waals surface area contributed by atoms with Crippen molar-refractivity contribution in [2.24, 2.45) is 0 Å². The summed E-state index contributed by atoms with van der Waals surface area (Å²) in [5.41, 5.74) is 0.812. The van der Waals surface area contributed by atoms with Gasteiger partial charge >= 0.3 is 5.97 Å². The molecule has 2 N–H and O–H groups in total. The summed E-state index contributed by atoms with van der Waals surface area (Å²) in [5, 5.41) is 5.18. The molecule has 0 aromatic heterocycles. The lowest BCUT2D eigenvalue weighted by molar-refractivity contribution is -0.145. The fraction of sp³-hybridized carbons (Fsp3) is 0.318. The third-order valence-electron chi connectivity index (χ3n) is 5.11. The standard InChI is InChI=1S/C22H25N3O6S/c1-31-22(28)18(14-16-8-4-2-5-9-16)24-20(26)15-19-21(27)23-12-13-25(19)32(29,30)17-10-6-3-7-11-17/h2-11,18-19H,12-15H2,1H3,(H,23,27)(H,24,26)/t18-,19?/m0/s1. The van der Waals surface area contributed by atoms with E-state index in [2.05, 4.69) is 10.6 Å². The van der Waals surface area contributed by atoms with Crippen molar-refractivity contribution < 1.29 is 27.5 Å². The van der Waals surface area contributed by atoms with Crippen molar-refractivity contribution in [3.8, 4) is 0 Å². The van der Waals surface area contributed by atoms with E-state index < -0.39 is 46.3 Å². The molecule has 170 valence electrons. The summed E-state index contributed by atoms with van der Waals surface area (Å²) in [6.45, 7) is 0.174. The van der Waals surface area contributed by atoms with Crippen molar-refractivity contribution in [3.63, 3.8) is 0 Å². The van der Waals surface area contributed by atoms with Crippen LogP contribution in [0, 0.1) is 0 Å². The van der Waals surface area contributed by atoms with Crippen molar-refractivity contribution in [1.82, 2.24) is 14.9 Å². The zero-order valence-corrected chi connectivity index (χ0v) is 18.4. The predicted octanol–water partition coefficient (Wildman–Crippen LogP) is 0.466. The van der Waals surface area contributed by atoms with E-state index in [4.69, 9.17) is 4.74 Å². The Morgan fingerprint density at radius 3 is 2.38 bits per heavy atom. The lowest BCUT2D eigenvalue weighted by Gasteiger charge is -2.33. The molecule has 2 aromatic rings. The fourth-order valence-corrected chi connectivity index (χ4v) is 5.13. The molecule has 0 radical (unpaired) electrons. The minimum atomic E-state index is -3.99. The van der Waals surface area contributed by atoms with Gasteiger partial charge in [-0.25, -0.2) is 13.2 Å². The number of benzene rings is 2. The van der Waals surface area contributed by atoms with Gasteiger partial charge in [0.2, 0.25) is 21.8 Å². The SMILES string of the molecule is COC(=O)[C@H](Cc1ccccc1)NC(=O)CC1C(=O)NCCN1S(=O)(=O)c1ccccc1. The van der Waals surface area contributed by atoms with Crippen LogP contribution in [0.2, 0.25) is 0 Å². The molecule has 3 rings (SSSR count). The molecule has 1 unspecified atom stereocenters. The number of amides is 2. The van der Waals surface area contributed by atoms with Gasteiger partial charge in [-0.3, -0.25) is 9.59 Å². The highest BCUT2D eigenvalue weighted by molar-refractivity contribution is 7.89. The molecule has 1 saturated heterocycles. The highest BCUT2D eigenvalue weighted by Gasteiger charge is 2.40. The Kier molecular flexibility index (Phi) is 7.60. The van der Waals surface area contributed by atoms with Crippen LogP contribution in [0.5, 0.6) is 0 Å². The monoisotopic (exact) mass is 459 g/mol. The number of ether oxygens (including phenoxy) is 1. The maximum atomic E-state index is 13.1. The number of carbonyl (C=O) groups excluding carboxylic acids is 3. The first-order valence-electron chi connectivity index (χ1n) is 10.1. The number of piperazine rings is 1. The highest BCUT2D eigenvalue weighted by Crippen LogP contribution is 2.21. The first-order chi connectivity index (χ1) is 15.3. The molecule has 32 heavy (non-hydrogen) atoms. The molecule has 1 aliphatic heterocycles. The second kappa shape index (κ2) is 10.4. The van der Waals surface area contributed by atoms with Crippen LogP contribution in [0.15, 0.2) is 65.6 Å². The molecule has 10 heteroatoms. The number of methoxy groups -OCH3 is 1. The number of nitrogens with zero attached hydrogens (tertiary/aromatic N) is 1. The average molecular weight is 460 g/mol. The lowest BCUT2D eigenvalue weighted by atomic mass is 10.1. The molecule has 2 atom stereocenters. The minimum absolute atomic E-state index is 0.0331. The quantitative estimate of drug-likeness (QED) is 0.554. The zero-order valence-electron chi connectivity index (χ0n) is 17.6. The van der Waals surface area contributed by atoms with Gasteiger partial charge in [0, 0.05) is 19.5 Å². The first kappa shape index (κ1) is 23.4. The van der Waals surface area contributed by atoms with E-state index in [0.29, 0.717) is 0 Å². The van der Waals surface area contributed by atoms with Crippen molar-refractivity contribution in [2.45, 2.75) is 29.8 Å². The maximum Gasteiger partial charge on any atom is 0.328 e. The predicted molar refractivity (Wildman–Crippen MR) is 116 cm³/mol.